The van der Waals surface area contributed by atoms with Crippen molar-refractivity contribution >= 4 is 34.4 Å². The van der Waals surface area contributed by atoms with Gasteiger partial charge in [0.05, 0.1) is 17.0 Å². The Morgan fingerprint density at radius 2 is 2.00 bits per heavy atom. The lowest BCUT2D eigenvalue weighted by atomic mass is 9.72. The van der Waals surface area contributed by atoms with Gasteiger partial charge in [-0.05, 0) is 62.3 Å². The molecular formula is C28H31N3O5. The number of carbonyl (C=O) groups is 2. The number of carboxylic acids is 1. The second kappa shape index (κ2) is 9.33. The standard InChI is InChI=1S/C28H31N3O5/c1-17-12-20(18(2)30-22-7-4-3-6-19(22)27(34)35)26-21(13-17)23(32)14-25(36-26)31-11-5-8-28(16-31)9-10-29-24(33)15-28/h3-4,6-7,12-14,18,30H,5,8-11,15-16H2,1-2H3,(H,29,33)(H,34,35)/t18-,28?/m1/s1. The number of piperidine rings is 2. The van der Waals surface area contributed by atoms with E-state index in [4.69, 9.17) is 4.42 Å². The first-order chi connectivity index (χ1) is 17.2. The minimum absolute atomic E-state index is 0.0855. The van der Waals surface area contributed by atoms with Gasteiger partial charge >= 0.3 is 5.97 Å². The molecule has 0 saturated carbocycles. The van der Waals surface area contributed by atoms with Gasteiger partial charge in [-0.15, -0.1) is 0 Å². The van der Waals surface area contributed by atoms with Crippen LogP contribution in [0.4, 0.5) is 11.6 Å². The number of para-hydroxylation sites is 1. The Balaban J connectivity index is 1.53. The van der Waals surface area contributed by atoms with E-state index < -0.39 is 5.97 Å². The van der Waals surface area contributed by atoms with Gasteiger partial charge in [0.2, 0.25) is 5.91 Å². The number of aromatic carboxylic acids is 1. The third-order valence-electron chi connectivity index (χ3n) is 7.47. The van der Waals surface area contributed by atoms with Crippen LogP contribution in [0, 0.1) is 12.3 Å². The zero-order valence-electron chi connectivity index (χ0n) is 20.6. The molecule has 0 radical (unpaired) electrons. The molecule has 1 spiro atoms. The molecule has 1 aromatic heterocycles. The fourth-order valence-electron chi connectivity index (χ4n) is 5.71. The van der Waals surface area contributed by atoms with Crippen molar-refractivity contribution in [3.63, 3.8) is 0 Å². The minimum Gasteiger partial charge on any atom is -0.478 e. The topological polar surface area (TPSA) is 112 Å². The van der Waals surface area contributed by atoms with Crippen LogP contribution in [0.5, 0.6) is 0 Å². The van der Waals surface area contributed by atoms with Crippen LogP contribution in [0.1, 0.15) is 60.1 Å². The predicted molar refractivity (Wildman–Crippen MR) is 139 cm³/mol. The quantitative estimate of drug-likeness (QED) is 0.485. The highest BCUT2D eigenvalue weighted by Crippen LogP contribution is 2.40. The van der Waals surface area contributed by atoms with Crippen molar-refractivity contribution in [3.05, 3.63) is 69.4 Å². The Bertz CT molecular complexity index is 1390. The second-order valence-corrected chi connectivity index (χ2v) is 10.2. The number of amides is 1. The van der Waals surface area contributed by atoms with Crippen molar-refractivity contribution in [1.82, 2.24) is 5.32 Å². The molecule has 1 amide bonds. The van der Waals surface area contributed by atoms with E-state index in [1.54, 1.807) is 30.3 Å². The fourth-order valence-corrected chi connectivity index (χ4v) is 5.71. The molecule has 2 aromatic carbocycles. The summed E-state index contributed by atoms with van der Waals surface area (Å²) in [7, 11) is 0. The molecule has 3 aromatic rings. The van der Waals surface area contributed by atoms with Crippen LogP contribution in [0.2, 0.25) is 0 Å². The number of carbonyl (C=O) groups excluding carboxylic acids is 1. The molecule has 2 atom stereocenters. The highest BCUT2D eigenvalue weighted by atomic mass is 16.4. The van der Waals surface area contributed by atoms with Gasteiger partial charge in [0.1, 0.15) is 5.58 Å². The van der Waals surface area contributed by atoms with Gasteiger partial charge in [0.25, 0.3) is 0 Å². The van der Waals surface area contributed by atoms with Gasteiger partial charge in [0.15, 0.2) is 11.3 Å². The molecule has 2 aliphatic rings. The summed E-state index contributed by atoms with van der Waals surface area (Å²) in [5, 5.41) is 16.3. The van der Waals surface area contributed by atoms with Gasteiger partial charge < -0.3 is 25.1 Å². The van der Waals surface area contributed by atoms with Gasteiger partial charge in [0, 0.05) is 43.4 Å². The second-order valence-electron chi connectivity index (χ2n) is 10.2. The van der Waals surface area contributed by atoms with E-state index >= 15 is 0 Å². The smallest absolute Gasteiger partial charge is 0.337 e. The molecule has 188 valence electrons. The van der Waals surface area contributed by atoms with Crippen LogP contribution in [0.25, 0.3) is 11.0 Å². The van der Waals surface area contributed by atoms with Crippen molar-refractivity contribution < 1.29 is 19.1 Å². The van der Waals surface area contributed by atoms with Crippen LogP contribution < -0.4 is 21.0 Å². The first-order valence-corrected chi connectivity index (χ1v) is 12.4. The molecular weight excluding hydrogens is 458 g/mol. The molecule has 8 nitrogen and oxygen atoms in total. The molecule has 5 rings (SSSR count). The van der Waals surface area contributed by atoms with Gasteiger partial charge in [-0.25, -0.2) is 4.79 Å². The van der Waals surface area contributed by atoms with E-state index in [1.807, 2.05) is 26.0 Å². The van der Waals surface area contributed by atoms with Crippen LogP contribution >= 0.6 is 0 Å². The Labute approximate surface area is 209 Å². The van der Waals surface area contributed by atoms with Crippen molar-refractivity contribution in [1.29, 1.82) is 0 Å². The summed E-state index contributed by atoms with van der Waals surface area (Å²) in [4.78, 5) is 39.2. The summed E-state index contributed by atoms with van der Waals surface area (Å²) in [6.07, 6.45) is 3.33. The molecule has 2 saturated heterocycles. The maximum absolute atomic E-state index is 13.2. The van der Waals surface area contributed by atoms with Crippen molar-refractivity contribution in [2.45, 2.75) is 45.6 Å². The van der Waals surface area contributed by atoms with E-state index in [0.29, 0.717) is 42.1 Å². The Morgan fingerprint density at radius 3 is 2.78 bits per heavy atom. The molecule has 1 unspecified atom stereocenters. The normalized spacial score (nSPS) is 20.8. The van der Waals surface area contributed by atoms with E-state index in [2.05, 4.69) is 15.5 Å². The number of benzene rings is 2. The van der Waals surface area contributed by atoms with Crippen LogP contribution in [-0.4, -0.2) is 36.6 Å². The number of rotatable bonds is 5. The van der Waals surface area contributed by atoms with E-state index in [9.17, 15) is 19.5 Å². The Kier molecular flexibility index (Phi) is 6.20. The van der Waals surface area contributed by atoms with E-state index in [1.165, 1.54) is 0 Å². The summed E-state index contributed by atoms with van der Waals surface area (Å²) in [6.45, 7) is 5.97. The molecule has 3 N–H and O–H groups in total. The average molecular weight is 490 g/mol. The van der Waals surface area contributed by atoms with Crippen molar-refractivity contribution in [3.8, 4) is 0 Å². The first kappa shape index (κ1) is 23.9. The number of hydrogen-bond donors (Lipinski definition) is 3. The number of nitrogens with zero attached hydrogens (tertiary/aromatic N) is 1. The maximum atomic E-state index is 13.2. The molecule has 0 aliphatic carbocycles. The zero-order chi connectivity index (χ0) is 25.4. The highest BCUT2D eigenvalue weighted by molar-refractivity contribution is 5.94. The van der Waals surface area contributed by atoms with Gasteiger partial charge in [-0.1, -0.05) is 18.2 Å². The third-order valence-corrected chi connectivity index (χ3v) is 7.47. The van der Waals surface area contributed by atoms with Crippen LogP contribution in [0.15, 0.2) is 51.7 Å². The zero-order valence-corrected chi connectivity index (χ0v) is 20.6. The monoisotopic (exact) mass is 489 g/mol. The number of carboxylic acid groups (broad SMARTS) is 1. The number of hydrogen-bond acceptors (Lipinski definition) is 6. The number of fused-ring (bicyclic) bond motifs is 1. The summed E-state index contributed by atoms with van der Waals surface area (Å²) in [6, 6.07) is 11.8. The fraction of sp³-hybridized carbons (Fsp3) is 0.393. The first-order valence-electron chi connectivity index (χ1n) is 12.4. The van der Waals surface area contributed by atoms with Gasteiger partial charge in [-0.2, -0.15) is 0 Å². The largest absolute Gasteiger partial charge is 0.478 e. The molecule has 2 fully saturated rings. The van der Waals surface area contributed by atoms with E-state index in [-0.39, 0.29) is 28.4 Å². The summed E-state index contributed by atoms with van der Waals surface area (Å²) in [5.41, 5.74) is 2.67. The van der Waals surface area contributed by atoms with Crippen LogP contribution in [-0.2, 0) is 4.79 Å². The lowest BCUT2D eigenvalue weighted by Crippen LogP contribution is -2.50. The Morgan fingerprint density at radius 1 is 1.19 bits per heavy atom. The lowest BCUT2D eigenvalue weighted by molar-refractivity contribution is -0.126. The predicted octanol–water partition coefficient (Wildman–Crippen LogP) is 4.47. The molecule has 3 heterocycles. The highest BCUT2D eigenvalue weighted by Gasteiger charge is 2.40. The van der Waals surface area contributed by atoms with Gasteiger partial charge in [-0.3, -0.25) is 9.59 Å². The SMILES string of the molecule is Cc1cc([C@@H](C)Nc2ccccc2C(=O)O)c2oc(N3CCCC4(CCNC(=O)C4)C3)cc(=O)c2c1. The number of nitrogens with one attached hydrogen (secondary N) is 2. The molecule has 2 aliphatic heterocycles. The van der Waals surface area contributed by atoms with Crippen molar-refractivity contribution in [2.24, 2.45) is 5.41 Å². The maximum Gasteiger partial charge on any atom is 0.337 e. The summed E-state index contributed by atoms with van der Waals surface area (Å²) >= 11 is 0. The Hall–Kier alpha value is -3.81. The number of anilines is 2. The number of aryl methyl sites for hydroxylation is 1. The summed E-state index contributed by atoms with van der Waals surface area (Å²) < 4.78 is 6.43. The van der Waals surface area contributed by atoms with Crippen molar-refractivity contribution in [2.75, 3.05) is 29.9 Å². The molecule has 36 heavy (non-hydrogen) atoms. The van der Waals surface area contributed by atoms with Crippen LogP contribution in [0.3, 0.4) is 0 Å². The molecule has 0 bridgehead atoms. The third kappa shape index (κ3) is 4.55. The minimum atomic E-state index is -1.01. The lowest BCUT2D eigenvalue weighted by Gasteiger charge is -2.44. The summed E-state index contributed by atoms with van der Waals surface area (Å²) in [5.74, 6) is -0.410. The van der Waals surface area contributed by atoms with E-state index in [0.717, 1.165) is 36.9 Å². The average Bonchev–Trinajstić information content (AvgIpc) is 2.84. The molecule has 8 heteroatoms.